The highest BCUT2D eigenvalue weighted by Crippen LogP contribution is 2.21. The number of anilines is 1. The fraction of sp³-hybridized carbons (Fsp3) is 0.259. The first-order chi connectivity index (χ1) is 18.1. The summed E-state index contributed by atoms with van der Waals surface area (Å²) in [6.45, 7) is 0. The van der Waals surface area contributed by atoms with Crippen molar-refractivity contribution in [3.63, 3.8) is 0 Å². The standard InChI is InChI=1S/C27H30N6O3S.2H2/c1-36-22-13-7-5-11-20(22)18-25(35)29-27-33-32-26(37-27)14-8-6-12-21-15-16-23(31-30-21)28-24(34)17-19-9-3-2-4-10-19;;/h2-5,7,9-11,13,15-16,30-31H,6,8,12,14,17-18H2,1H3,(H,28,34)(H,29,33,35);2*1H. The maximum Gasteiger partial charge on any atom is 0.230 e. The molecule has 4 rings (SSSR count). The van der Waals surface area contributed by atoms with Crippen molar-refractivity contribution in [1.82, 2.24) is 26.4 Å². The molecule has 9 nitrogen and oxygen atoms in total. The van der Waals surface area contributed by atoms with E-state index in [0.717, 1.165) is 47.5 Å². The van der Waals surface area contributed by atoms with Crippen LogP contribution in [0.25, 0.3) is 0 Å². The molecule has 0 radical (unpaired) electrons. The molecule has 0 aliphatic carbocycles. The largest absolute Gasteiger partial charge is 0.496 e. The monoisotopic (exact) mass is 522 g/mol. The number of amides is 2. The third-order valence-corrected chi connectivity index (χ3v) is 6.53. The van der Waals surface area contributed by atoms with Crippen LogP contribution < -0.4 is 26.2 Å². The number of unbranched alkanes of at least 4 members (excludes halogenated alkanes) is 1. The van der Waals surface area contributed by atoms with Gasteiger partial charge in [0.25, 0.3) is 0 Å². The number of aromatic nitrogens is 2. The first-order valence-electron chi connectivity index (χ1n) is 12.1. The van der Waals surface area contributed by atoms with Gasteiger partial charge in [-0.2, -0.15) is 0 Å². The Bertz CT molecular complexity index is 1280. The van der Waals surface area contributed by atoms with Crippen molar-refractivity contribution in [2.24, 2.45) is 0 Å². The molecule has 10 heteroatoms. The quantitative estimate of drug-likeness (QED) is 0.264. The maximum absolute atomic E-state index is 12.4. The van der Waals surface area contributed by atoms with Crippen LogP contribution in [0.4, 0.5) is 5.13 Å². The van der Waals surface area contributed by atoms with E-state index >= 15 is 0 Å². The lowest BCUT2D eigenvalue weighted by molar-refractivity contribution is -0.120. The summed E-state index contributed by atoms with van der Waals surface area (Å²) in [5, 5.41) is 15.4. The molecule has 0 fully saturated rings. The zero-order valence-corrected chi connectivity index (χ0v) is 21.4. The number of ether oxygens (including phenoxy) is 1. The fourth-order valence-corrected chi connectivity index (χ4v) is 4.59. The Morgan fingerprint density at radius 2 is 1.65 bits per heavy atom. The van der Waals surface area contributed by atoms with Gasteiger partial charge >= 0.3 is 0 Å². The maximum atomic E-state index is 12.4. The summed E-state index contributed by atoms with van der Waals surface area (Å²) >= 11 is 1.40. The third kappa shape index (κ3) is 8.18. The van der Waals surface area contributed by atoms with Gasteiger partial charge in [0.1, 0.15) is 16.6 Å². The topological polar surface area (TPSA) is 117 Å². The second-order valence-electron chi connectivity index (χ2n) is 8.48. The number of aryl methyl sites for hydroxylation is 1. The Hall–Kier alpha value is -4.18. The van der Waals surface area contributed by atoms with E-state index < -0.39 is 0 Å². The highest BCUT2D eigenvalue weighted by Gasteiger charge is 2.12. The van der Waals surface area contributed by atoms with E-state index in [9.17, 15) is 9.59 Å². The first-order valence-corrected chi connectivity index (χ1v) is 12.9. The molecule has 3 aromatic rings. The van der Waals surface area contributed by atoms with Crippen LogP contribution in [0, 0.1) is 0 Å². The summed E-state index contributed by atoms with van der Waals surface area (Å²) in [5.74, 6) is 1.08. The Balaban J connectivity index is 0.00000267. The van der Waals surface area contributed by atoms with Crippen LogP contribution in [0.3, 0.4) is 0 Å². The molecule has 1 aromatic heterocycles. The van der Waals surface area contributed by atoms with Crippen molar-refractivity contribution in [2.45, 2.75) is 38.5 Å². The molecule has 0 spiro atoms. The van der Waals surface area contributed by atoms with Crippen molar-refractivity contribution in [2.75, 3.05) is 12.4 Å². The zero-order chi connectivity index (χ0) is 25.9. The molecule has 0 atom stereocenters. The van der Waals surface area contributed by atoms with Crippen LogP contribution in [0.5, 0.6) is 5.75 Å². The van der Waals surface area contributed by atoms with Crippen molar-refractivity contribution in [1.29, 1.82) is 0 Å². The summed E-state index contributed by atoms with van der Waals surface area (Å²) in [6.07, 6.45) is 7.91. The molecule has 4 N–H and O–H groups in total. The lowest BCUT2D eigenvalue weighted by Crippen LogP contribution is -2.41. The van der Waals surface area contributed by atoms with E-state index in [1.807, 2.05) is 66.7 Å². The van der Waals surface area contributed by atoms with Gasteiger partial charge in [-0.3, -0.25) is 15.0 Å². The predicted molar refractivity (Wildman–Crippen MR) is 148 cm³/mol. The zero-order valence-electron chi connectivity index (χ0n) is 20.6. The Morgan fingerprint density at radius 1 is 0.892 bits per heavy atom. The van der Waals surface area contributed by atoms with Gasteiger partial charge in [-0.25, -0.2) is 0 Å². The molecule has 1 aliphatic rings. The molecule has 2 heterocycles. The second kappa shape index (κ2) is 13.2. The number of nitrogens with one attached hydrogen (secondary N) is 4. The summed E-state index contributed by atoms with van der Waals surface area (Å²) in [4.78, 5) is 24.6. The summed E-state index contributed by atoms with van der Waals surface area (Å²) in [5.41, 5.74) is 9.01. The number of benzene rings is 2. The van der Waals surface area contributed by atoms with Crippen LogP contribution in [-0.4, -0.2) is 29.1 Å². The van der Waals surface area contributed by atoms with Gasteiger partial charge in [0.2, 0.25) is 16.9 Å². The van der Waals surface area contributed by atoms with E-state index in [1.165, 1.54) is 11.3 Å². The average molecular weight is 523 g/mol. The van der Waals surface area contributed by atoms with Gasteiger partial charge in [0, 0.05) is 20.5 Å². The number of nitrogens with zero attached hydrogens (tertiary/aromatic N) is 2. The Morgan fingerprint density at radius 3 is 2.43 bits per heavy atom. The molecule has 196 valence electrons. The van der Waals surface area contributed by atoms with Crippen LogP contribution in [0.2, 0.25) is 0 Å². The number of hydrazine groups is 1. The molecule has 0 saturated heterocycles. The smallest absolute Gasteiger partial charge is 0.230 e. The van der Waals surface area contributed by atoms with E-state index in [0.29, 0.717) is 23.1 Å². The van der Waals surface area contributed by atoms with Crippen molar-refractivity contribution in [3.05, 3.63) is 94.4 Å². The van der Waals surface area contributed by atoms with Crippen LogP contribution in [-0.2, 0) is 28.9 Å². The van der Waals surface area contributed by atoms with Gasteiger partial charge in [0.05, 0.1) is 20.0 Å². The minimum Gasteiger partial charge on any atom is -0.496 e. The number of para-hydroxylation sites is 1. The molecule has 0 saturated carbocycles. The molecule has 0 bridgehead atoms. The van der Waals surface area contributed by atoms with Crippen molar-refractivity contribution < 1.29 is 17.2 Å². The minimum atomic E-state index is -0.154. The number of hydrogen-bond acceptors (Lipinski definition) is 8. The predicted octanol–water partition coefficient (Wildman–Crippen LogP) is 4.12. The molecule has 2 amide bonds. The molecular formula is C27H34N6O3S. The molecule has 1 aliphatic heterocycles. The van der Waals surface area contributed by atoms with Gasteiger partial charge < -0.3 is 20.8 Å². The average Bonchev–Trinajstić information content (AvgIpc) is 3.35. The summed E-state index contributed by atoms with van der Waals surface area (Å²) in [7, 11) is 1.59. The molecule has 37 heavy (non-hydrogen) atoms. The van der Waals surface area contributed by atoms with Crippen molar-refractivity contribution >= 4 is 28.3 Å². The number of rotatable bonds is 12. The highest BCUT2D eigenvalue weighted by atomic mass is 32.1. The van der Waals surface area contributed by atoms with Crippen LogP contribution >= 0.6 is 11.3 Å². The number of methoxy groups -OCH3 is 1. The van der Waals surface area contributed by atoms with Gasteiger partial charge in [-0.15, -0.1) is 10.2 Å². The third-order valence-electron chi connectivity index (χ3n) is 5.63. The van der Waals surface area contributed by atoms with E-state index in [2.05, 4.69) is 31.7 Å². The van der Waals surface area contributed by atoms with Crippen LogP contribution in [0.15, 0.2) is 78.3 Å². The summed E-state index contributed by atoms with van der Waals surface area (Å²) in [6, 6.07) is 17.1. The minimum absolute atomic E-state index is 0. The second-order valence-corrected chi connectivity index (χ2v) is 9.54. The number of allylic oxidation sites excluding steroid dienone is 3. The first kappa shape index (κ1) is 25.9. The lowest BCUT2D eigenvalue weighted by atomic mass is 10.1. The lowest BCUT2D eigenvalue weighted by Gasteiger charge is -2.20. The normalized spacial score (nSPS) is 12.5. The van der Waals surface area contributed by atoms with E-state index in [-0.39, 0.29) is 21.1 Å². The number of carbonyl (C=O) groups excluding carboxylic acids is 2. The Kier molecular flexibility index (Phi) is 9.25. The van der Waals surface area contributed by atoms with E-state index in [4.69, 9.17) is 4.74 Å². The van der Waals surface area contributed by atoms with Crippen LogP contribution in [0.1, 0.15) is 38.3 Å². The van der Waals surface area contributed by atoms with Crippen molar-refractivity contribution in [3.8, 4) is 5.75 Å². The van der Waals surface area contributed by atoms with Gasteiger partial charge in [-0.05, 0) is 43.0 Å². The number of hydrogen-bond donors (Lipinski definition) is 4. The number of carbonyl (C=O) groups is 2. The summed E-state index contributed by atoms with van der Waals surface area (Å²) < 4.78 is 5.30. The SMILES string of the molecule is COc1ccccc1CC(=O)Nc1nnc(CCCCC2=CC=C(NC(=O)Cc3ccccc3)NN2)s1.[HH].[HH]. The van der Waals surface area contributed by atoms with Gasteiger partial charge in [-0.1, -0.05) is 59.9 Å². The molecule has 2 aromatic carbocycles. The molecular weight excluding hydrogens is 488 g/mol. The highest BCUT2D eigenvalue weighted by molar-refractivity contribution is 7.15. The van der Waals surface area contributed by atoms with Gasteiger partial charge in [0.15, 0.2) is 0 Å². The Labute approximate surface area is 223 Å². The molecule has 0 unspecified atom stereocenters. The fourth-order valence-electron chi connectivity index (χ4n) is 3.79. The van der Waals surface area contributed by atoms with E-state index in [1.54, 1.807) is 7.11 Å².